The molecule has 0 saturated carbocycles. The van der Waals surface area contributed by atoms with Crippen LogP contribution in [0, 0.1) is 0 Å². The summed E-state index contributed by atoms with van der Waals surface area (Å²) >= 11 is 1.77. The Morgan fingerprint density at radius 3 is 2.37 bits per heavy atom. The maximum atomic E-state index is 3.68. The summed E-state index contributed by atoms with van der Waals surface area (Å²) in [5.41, 5.74) is 4.20. The lowest BCUT2D eigenvalue weighted by molar-refractivity contribution is 0.477. The van der Waals surface area contributed by atoms with Crippen molar-refractivity contribution in [2.75, 3.05) is 0 Å². The zero-order chi connectivity index (χ0) is 13.7. The first kappa shape index (κ1) is 14.3. The lowest BCUT2D eigenvalue weighted by Crippen LogP contribution is -2.30. The Morgan fingerprint density at radius 2 is 1.79 bits per heavy atom. The fourth-order valence-electron chi connectivity index (χ4n) is 2.39. The van der Waals surface area contributed by atoms with Gasteiger partial charge in [0.25, 0.3) is 0 Å². The van der Waals surface area contributed by atoms with Crippen molar-refractivity contribution in [1.29, 1.82) is 0 Å². The minimum atomic E-state index is 0.402. The van der Waals surface area contributed by atoms with Crippen molar-refractivity contribution in [2.45, 2.75) is 45.7 Å². The lowest BCUT2D eigenvalue weighted by atomic mass is 10.0. The van der Waals surface area contributed by atoms with Gasteiger partial charge in [0.1, 0.15) is 0 Å². The van der Waals surface area contributed by atoms with Crippen molar-refractivity contribution in [3.05, 3.63) is 57.8 Å². The first-order valence-electron chi connectivity index (χ1n) is 7.05. The number of benzene rings is 1. The first-order valence-corrected chi connectivity index (χ1v) is 7.99. The molecule has 0 bridgehead atoms. The molecule has 2 unspecified atom stereocenters. The van der Waals surface area contributed by atoms with Gasteiger partial charge in [-0.05, 0) is 60.2 Å². The summed E-state index contributed by atoms with van der Waals surface area (Å²) in [5, 5.41) is 8.06. The van der Waals surface area contributed by atoms with Gasteiger partial charge in [-0.25, -0.2) is 0 Å². The van der Waals surface area contributed by atoms with Crippen LogP contribution in [0.15, 0.2) is 41.1 Å². The van der Waals surface area contributed by atoms with Gasteiger partial charge < -0.3 is 5.32 Å². The van der Waals surface area contributed by atoms with Crippen LogP contribution in [-0.2, 0) is 12.8 Å². The average Bonchev–Trinajstić information content (AvgIpc) is 2.91. The molecule has 0 spiro atoms. The molecule has 1 aromatic heterocycles. The SMILES string of the molecule is CCc1ccc(C(C)NC(C)Cc2ccsc2)cc1. The summed E-state index contributed by atoms with van der Waals surface area (Å²) in [7, 11) is 0. The van der Waals surface area contributed by atoms with Crippen LogP contribution in [-0.4, -0.2) is 6.04 Å². The molecule has 2 atom stereocenters. The largest absolute Gasteiger partial charge is 0.307 e. The standard InChI is InChI=1S/C17H23NS/c1-4-15-5-7-17(8-6-15)14(3)18-13(2)11-16-9-10-19-12-16/h5-10,12-14,18H,4,11H2,1-3H3. The van der Waals surface area contributed by atoms with Gasteiger partial charge in [-0.3, -0.25) is 0 Å². The molecule has 0 aliphatic rings. The van der Waals surface area contributed by atoms with E-state index in [0.717, 1.165) is 12.8 Å². The second-order valence-electron chi connectivity index (χ2n) is 5.22. The van der Waals surface area contributed by atoms with E-state index in [0.29, 0.717) is 12.1 Å². The predicted octanol–water partition coefficient (Wildman–Crippen LogP) is 4.59. The van der Waals surface area contributed by atoms with Crippen LogP contribution in [0.2, 0.25) is 0 Å². The van der Waals surface area contributed by atoms with Crippen LogP contribution in [0.5, 0.6) is 0 Å². The van der Waals surface area contributed by atoms with Crippen LogP contribution in [0.1, 0.15) is 43.5 Å². The number of nitrogens with one attached hydrogen (secondary N) is 1. The zero-order valence-electron chi connectivity index (χ0n) is 12.0. The van der Waals surface area contributed by atoms with E-state index in [1.54, 1.807) is 11.3 Å². The predicted molar refractivity (Wildman–Crippen MR) is 84.9 cm³/mol. The Balaban J connectivity index is 1.90. The highest BCUT2D eigenvalue weighted by Crippen LogP contribution is 2.16. The van der Waals surface area contributed by atoms with Crippen molar-refractivity contribution < 1.29 is 0 Å². The van der Waals surface area contributed by atoms with E-state index < -0.39 is 0 Å². The topological polar surface area (TPSA) is 12.0 Å². The van der Waals surface area contributed by atoms with Crippen molar-refractivity contribution >= 4 is 11.3 Å². The Kier molecular flexibility index (Phi) is 5.17. The van der Waals surface area contributed by atoms with Gasteiger partial charge in [-0.1, -0.05) is 31.2 Å². The van der Waals surface area contributed by atoms with Crippen LogP contribution in [0.3, 0.4) is 0 Å². The van der Waals surface area contributed by atoms with Crippen molar-refractivity contribution in [1.82, 2.24) is 5.32 Å². The second kappa shape index (κ2) is 6.88. The third-order valence-corrected chi connectivity index (χ3v) is 4.28. The first-order chi connectivity index (χ1) is 9.19. The molecule has 0 radical (unpaired) electrons. The minimum Gasteiger partial charge on any atom is -0.307 e. The van der Waals surface area contributed by atoms with Crippen LogP contribution in [0.4, 0.5) is 0 Å². The highest BCUT2D eigenvalue weighted by Gasteiger charge is 2.10. The molecule has 0 aliphatic heterocycles. The molecule has 2 rings (SSSR count). The summed E-state index contributed by atoms with van der Waals surface area (Å²) in [6, 6.07) is 12.1. The molecule has 0 amide bonds. The molecular weight excluding hydrogens is 250 g/mol. The van der Waals surface area contributed by atoms with Gasteiger partial charge >= 0.3 is 0 Å². The van der Waals surface area contributed by atoms with E-state index in [1.165, 1.54) is 16.7 Å². The third-order valence-electron chi connectivity index (χ3n) is 3.54. The molecule has 1 aromatic carbocycles. The molecule has 1 nitrogen and oxygen atoms in total. The Bertz CT molecular complexity index is 472. The van der Waals surface area contributed by atoms with Gasteiger partial charge in [-0.15, -0.1) is 0 Å². The molecule has 0 saturated heterocycles. The molecule has 2 heteroatoms. The summed E-state index contributed by atoms with van der Waals surface area (Å²) in [5.74, 6) is 0. The molecular formula is C17H23NS. The van der Waals surface area contributed by atoms with Crippen molar-refractivity contribution in [2.24, 2.45) is 0 Å². The van der Waals surface area contributed by atoms with E-state index in [9.17, 15) is 0 Å². The smallest absolute Gasteiger partial charge is 0.0294 e. The fourth-order valence-corrected chi connectivity index (χ4v) is 3.07. The van der Waals surface area contributed by atoms with Crippen LogP contribution in [0.25, 0.3) is 0 Å². The third kappa shape index (κ3) is 4.19. The van der Waals surface area contributed by atoms with E-state index in [4.69, 9.17) is 0 Å². The van der Waals surface area contributed by atoms with Crippen LogP contribution >= 0.6 is 11.3 Å². The van der Waals surface area contributed by atoms with Gasteiger partial charge in [0.05, 0.1) is 0 Å². The summed E-state index contributed by atoms with van der Waals surface area (Å²) < 4.78 is 0. The highest BCUT2D eigenvalue weighted by molar-refractivity contribution is 7.07. The molecule has 1 heterocycles. The Labute approximate surface area is 120 Å². The highest BCUT2D eigenvalue weighted by atomic mass is 32.1. The van der Waals surface area contributed by atoms with Gasteiger partial charge in [0.15, 0.2) is 0 Å². The molecule has 2 aromatic rings. The van der Waals surface area contributed by atoms with Gasteiger partial charge in [0, 0.05) is 12.1 Å². The summed E-state index contributed by atoms with van der Waals surface area (Å²) in [6.45, 7) is 6.69. The van der Waals surface area contributed by atoms with Gasteiger partial charge in [-0.2, -0.15) is 11.3 Å². The molecule has 0 aliphatic carbocycles. The van der Waals surface area contributed by atoms with E-state index in [1.807, 2.05) is 0 Å². The number of rotatable bonds is 6. The summed E-state index contributed by atoms with van der Waals surface area (Å²) in [6.07, 6.45) is 2.21. The van der Waals surface area contributed by atoms with Crippen LogP contribution < -0.4 is 5.32 Å². The number of hydrogen-bond donors (Lipinski definition) is 1. The monoisotopic (exact) mass is 273 g/mol. The van der Waals surface area contributed by atoms with Crippen molar-refractivity contribution in [3.63, 3.8) is 0 Å². The number of thiophene rings is 1. The molecule has 102 valence electrons. The van der Waals surface area contributed by atoms with E-state index in [-0.39, 0.29) is 0 Å². The van der Waals surface area contributed by atoms with Crippen molar-refractivity contribution in [3.8, 4) is 0 Å². The molecule has 19 heavy (non-hydrogen) atoms. The number of aryl methyl sites for hydroxylation is 1. The maximum absolute atomic E-state index is 3.68. The minimum absolute atomic E-state index is 0.402. The van der Waals surface area contributed by atoms with Gasteiger partial charge in [0.2, 0.25) is 0 Å². The molecule has 1 N–H and O–H groups in total. The Morgan fingerprint density at radius 1 is 1.05 bits per heavy atom. The normalized spacial score (nSPS) is 14.3. The maximum Gasteiger partial charge on any atom is 0.0294 e. The Hall–Kier alpha value is -1.12. The fraction of sp³-hybridized carbons (Fsp3) is 0.412. The lowest BCUT2D eigenvalue weighted by Gasteiger charge is -2.20. The van der Waals surface area contributed by atoms with E-state index >= 15 is 0 Å². The zero-order valence-corrected chi connectivity index (χ0v) is 12.8. The second-order valence-corrected chi connectivity index (χ2v) is 6.00. The number of hydrogen-bond acceptors (Lipinski definition) is 2. The van der Waals surface area contributed by atoms with E-state index in [2.05, 4.69) is 67.2 Å². The average molecular weight is 273 g/mol. The quantitative estimate of drug-likeness (QED) is 0.811. The summed E-state index contributed by atoms with van der Waals surface area (Å²) in [4.78, 5) is 0. The molecule has 0 fully saturated rings.